The van der Waals surface area contributed by atoms with E-state index < -0.39 is 0 Å². The Balaban J connectivity index is 1.54. The van der Waals surface area contributed by atoms with Crippen molar-refractivity contribution in [3.05, 3.63) is 58.6 Å². The lowest BCUT2D eigenvalue weighted by Gasteiger charge is -2.36. The molecule has 25 heavy (non-hydrogen) atoms. The summed E-state index contributed by atoms with van der Waals surface area (Å²) in [6.45, 7) is 7.91. The summed E-state index contributed by atoms with van der Waals surface area (Å²) in [5.74, 6) is 0.0450. The number of amides is 1. The van der Waals surface area contributed by atoms with Gasteiger partial charge in [-0.2, -0.15) is 0 Å². The van der Waals surface area contributed by atoms with E-state index in [0.717, 1.165) is 53.7 Å². The van der Waals surface area contributed by atoms with Crippen molar-refractivity contribution >= 4 is 28.9 Å². The summed E-state index contributed by atoms with van der Waals surface area (Å²) in [4.78, 5) is 16.9. The first kappa shape index (κ1) is 17.8. The Morgan fingerprint density at radius 3 is 2.28 bits per heavy atom. The molecule has 0 atom stereocenters. The summed E-state index contributed by atoms with van der Waals surface area (Å²) in [6.07, 6.45) is 0. The van der Waals surface area contributed by atoms with Crippen LogP contribution in [0.1, 0.15) is 11.1 Å². The molecule has 1 amide bonds. The molecule has 4 nitrogen and oxygen atoms in total. The molecule has 132 valence electrons. The number of aryl methyl sites for hydroxylation is 2. The molecule has 0 aliphatic carbocycles. The molecule has 2 aromatic carbocycles. The lowest BCUT2D eigenvalue weighted by Crippen LogP contribution is -2.48. The average molecular weight is 358 g/mol. The number of para-hydroxylation sites is 2. The van der Waals surface area contributed by atoms with E-state index in [1.54, 1.807) is 0 Å². The maximum atomic E-state index is 12.4. The highest BCUT2D eigenvalue weighted by molar-refractivity contribution is 6.33. The third-order valence-electron chi connectivity index (χ3n) is 4.68. The van der Waals surface area contributed by atoms with E-state index in [9.17, 15) is 4.79 Å². The molecule has 0 saturated carbocycles. The molecule has 1 saturated heterocycles. The van der Waals surface area contributed by atoms with Crippen molar-refractivity contribution in [1.82, 2.24) is 4.90 Å². The Kier molecular flexibility index (Phi) is 5.61. The van der Waals surface area contributed by atoms with Crippen molar-refractivity contribution in [2.24, 2.45) is 0 Å². The molecule has 0 bridgehead atoms. The van der Waals surface area contributed by atoms with Gasteiger partial charge in [-0.15, -0.1) is 0 Å². The molecule has 1 N–H and O–H groups in total. The average Bonchev–Trinajstić information content (AvgIpc) is 2.60. The first-order valence-corrected chi connectivity index (χ1v) is 9.00. The van der Waals surface area contributed by atoms with E-state index in [1.165, 1.54) is 0 Å². The molecule has 3 rings (SSSR count). The van der Waals surface area contributed by atoms with Crippen LogP contribution in [0.5, 0.6) is 0 Å². The zero-order valence-corrected chi connectivity index (χ0v) is 15.5. The molecule has 1 aliphatic rings. The van der Waals surface area contributed by atoms with Crippen molar-refractivity contribution in [2.45, 2.75) is 13.8 Å². The Hall–Kier alpha value is -2.04. The van der Waals surface area contributed by atoms with Crippen LogP contribution in [0.25, 0.3) is 0 Å². The highest BCUT2D eigenvalue weighted by Crippen LogP contribution is 2.26. The predicted molar refractivity (Wildman–Crippen MR) is 105 cm³/mol. The highest BCUT2D eigenvalue weighted by atomic mass is 35.5. The molecule has 0 aromatic heterocycles. The molecule has 1 fully saturated rings. The topological polar surface area (TPSA) is 35.6 Å². The molecule has 1 aliphatic heterocycles. The van der Waals surface area contributed by atoms with Gasteiger partial charge in [0.15, 0.2) is 0 Å². The summed E-state index contributed by atoms with van der Waals surface area (Å²) in [5, 5.41) is 3.84. The number of nitrogens with one attached hydrogen (secondary N) is 1. The van der Waals surface area contributed by atoms with Crippen molar-refractivity contribution < 1.29 is 4.79 Å². The normalized spacial score (nSPS) is 15.2. The van der Waals surface area contributed by atoms with Gasteiger partial charge >= 0.3 is 0 Å². The van der Waals surface area contributed by atoms with Gasteiger partial charge in [0.2, 0.25) is 5.91 Å². The van der Waals surface area contributed by atoms with Crippen LogP contribution < -0.4 is 10.2 Å². The van der Waals surface area contributed by atoms with Crippen molar-refractivity contribution in [2.75, 3.05) is 42.9 Å². The Labute approximate surface area is 154 Å². The second-order valence-electron chi connectivity index (χ2n) is 6.53. The molecule has 0 radical (unpaired) electrons. The largest absolute Gasteiger partial charge is 0.368 e. The maximum absolute atomic E-state index is 12.4. The molecule has 1 heterocycles. The number of benzene rings is 2. The fourth-order valence-corrected chi connectivity index (χ4v) is 3.50. The predicted octanol–water partition coefficient (Wildman–Crippen LogP) is 3.72. The van der Waals surface area contributed by atoms with Crippen LogP contribution in [-0.4, -0.2) is 43.5 Å². The zero-order chi connectivity index (χ0) is 17.8. The minimum atomic E-state index is 0.0450. The second kappa shape index (κ2) is 7.89. The first-order chi connectivity index (χ1) is 12.0. The lowest BCUT2D eigenvalue weighted by molar-refractivity contribution is -0.117. The van der Waals surface area contributed by atoms with Crippen LogP contribution in [0.3, 0.4) is 0 Å². The SMILES string of the molecule is Cc1cccc(C)c1NC(=O)CN1CCN(c2ccccc2Cl)CC1. The number of rotatable bonds is 4. The van der Waals surface area contributed by atoms with Gasteiger partial charge in [0.05, 0.1) is 17.3 Å². The lowest BCUT2D eigenvalue weighted by atomic mass is 10.1. The monoisotopic (exact) mass is 357 g/mol. The Morgan fingerprint density at radius 1 is 1.00 bits per heavy atom. The van der Waals surface area contributed by atoms with Crippen molar-refractivity contribution in [3.8, 4) is 0 Å². The van der Waals surface area contributed by atoms with E-state index >= 15 is 0 Å². The van der Waals surface area contributed by atoms with E-state index in [-0.39, 0.29) is 5.91 Å². The summed E-state index contributed by atoms with van der Waals surface area (Å²) in [6, 6.07) is 14.0. The van der Waals surface area contributed by atoms with Gasteiger partial charge in [0.1, 0.15) is 0 Å². The molecule has 5 heteroatoms. The van der Waals surface area contributed by atoms with Gasteiger partial charge in [-0.25, -0.2) is 0 Å². The van der Waals surface area contributed by atoms with Gasteiger partial charge < -0.3 is 10.2 Å². The Bertz CT molecular complexity index is 734. The highest BCUT2D eigenvalue weighted by Gasteiger charge is 2.20. The summed E-state index contributed by atoms with van der Waals surface area (Å²) < 4.78 is 0. The van der Waals surface area contributed by atoms with Crippen LogP contribution >= 0.6 is 11.6 Å². The smallest absolute Gasteiger partial charge is 0.238 e. The molecular weight excluding hydrogens is 334 g/mol. The number of piperazine rings is 1. The van der Waals surface area contributed by atoms with E-state index in [4.69, 9.17) is 11.6 Å². The van der Waals surface area contributed by atoms with Crippen LogP contribution in [-0.2, 0) is 4.79 Å². The van der Waals surface area contributed by atoms with Gasteiger partial charge in [-0.3, -0.25) is 9.69 Å². The summed E-state index contributed by atoms with van der Waals surface area (Å²) >= 11 is 6.28. The molecular formula is C20H24ClN3O. The van der Waals surface area contributed by atoms with Crippen molar-refractivity contribution in [1.29, 1.82) is 0 Å². The van der Waals surface area contributed by atoms with Gasteiger partial charge in [0.25, 0.3) is 0 Å². The van der Waals surface area contributed by atoms with Gasteiger partial charge in [-0.05, 0) is 37.1 Å². The minimum Gasteiger partial charge on any atom is -0.368 e. The molecule has 0 spiro atoms. The van der Waals surface area contributed by atoms with E-state index in [2.05, 4.69) is 15.1 Å². The quantitative estimate of drug-likeness (QED) is 0.905. The second-order valence-corrected chi connectivity index (χ2v) is 6.94. The number of hydrogen-bond donors (Lipinski definition) is 1. The third kappa shape index (κ3) is 4.33. The zero-order valence-electron chi connectivity index (χ0n) is 14.8. The maximum Gasteiger partial charge on any atom is 0.238 e. The standard InChI is InChI=1S/C20H24ClN3O/c1-15-6-5-7-16(2)20(15)22-19(25)14-23-10-12-24(13-11-23)18-9-4-3-8-17(18)21/h3-9H,10-14H2,1-2H3,(H,22,25). The number of nitrogens with zero attached hydrogens (tertiary/aromatic N) is 2. The number of anilines is 2. The van der Waals surface area contributed by atoms with Crippen molar-refractivity contribution in [3.63, 3.8) is 0 Å². The number of hydrogen-bond acceptors (Lipinski definition) is 3. The first-order valence-electron chi connectivity index (χ1n) is 8.62. The van der Waals surface area contributed by atoms with Gasteiger partial charge in [0, 0.05) is 31.9 Å². The number of carbonyl (C=O) groups excluding carboxylic acids is 1. The van der Waals surface area contributed by atoms with Crippen LogP contribution in [0.4, 0.5) is 11.4 Å². The Morgan fingerprint density at radius 2 is 1.64 bits per heavy atom. The van der Waals surface area contributed by atoms with Crippen LogP contribution in [0.15, 0.2) is 42.5 Å². The molecule has 0 unspecified atom stereocenters. The fourth-order valence-electron chi connectivity index (χ4n) is 3.25. The van der Waals surface area contributed by atoms with Crippen LogP contribution in [0.2, 0.25) is 5.02 Å². The minimum absolute atomic E-state index is 0.0450. The summed E-state index contributed by atoms with van der Waals surface area (Å²) in [5.41, 5.74) is 4.19. The fraction of sp³-hybridized carbons (Fsp3) is 0.350. The molecule has 2 aromatic rings. The van der Waals surface area contributed by atoms with Crippen LogP contribution in [0, 0.1) is 13.8 Å². The van der Waals surface area contributed by atoms with Gasteiger partial charge in [-0.1, -0.05) is 41.9 Å². The number of halogens is 1. The van der Waals surface area contributed by atoms with E-state index in [1.807, 2.05) is 56.3 Å². The third-order valence-corrected chi connectivity index (χ3v) is 5.00. The van der Waals surface area contributed by atoms with E-state index in [0.29, 0.717) is 6.54 Å². The number of carbonyl (C=O) groups is 1. The summed E-state index contributed by atoms with van der Waals surface area (Å²) in [7, 11) is 0.